The van der Waals surface area contributed by atoms with Gasteiger partial charge < -0.3 is 94.9 Å². The van der Waals surface area contributed by atoms with Crippen LogP contribution in [0.2, 0.25) is 0 Å². The van der Waals surface area contributed by atoms with Crippen molar-refractivity contribution in [2.75, 3.05) is 39.5 Å². The monoisotopic (exact) mass is 1060 g/mol. The Balaban J connectivity index is 2.28. The number of carbonyl (C=O) groups excluding carboxylic acids is 9. The molecule has 0 aromatic carbocycles. The standard InChI is InChI=1S/C45H79N13O16/c1-21(2)16-27(36(65)52-28(44(73)74)17-22(3)4)51-39(68)32-12-9-15-58(32)43(72)34(24(6)63)56-35(64)26(10-7-13-49-45(47)48)50-37(66)29(19-60)54-41(70)33(23(5)62)55-38(67)30(20-61)53-40(69)31-11-8-14-57(31)42(71)25(46)18-59/h21-34,59-63H,7-20,46H2,1-6H3,(H,50,66)(H,51,68)(H,52,65)(H,53,69)(H,54,70)(H,55,67)(H,56,64)(H,73,74)(H4,47,48,49)/t23-,24-,25+,26+,27+,28+,29+,30+,31+,32+,33+,34+/m1/s1. The molecule has 0 radical (unpaired) electrons. The Kier molecular flexibility index (Phi) is 26.6. The average Bonchev–Trinajstić information content (AvgIpc) is 4.04. The molecule has 74 heavy (non-hydrogen) atoms. The van der Waals surface area contributed by atoms with E-state index in [9.17, 15) is 78.6 Å². The third-order valence-electron chi connectivity index (χ3n) is 12.2. The summed E-state index contributed by atoms with van der Waals surface area (Å²) < 4.78 is 0. The highest BCUT2D eigenvalue weighted by Crippen LogP contribution is 2.22. The highest BCUT2D eigenvalue weighted by atomic mass is 16.4. The molecule has 2 saturated heterocycles. The fraction of sp³-hybridized carbons (Fsp3) is 0.756. The minimum atomic E-state index is -1.88. The fourth-order valence-electron chi connectivity index (χ4n) is 8.28. The van der Waals surface area contributed by atoms with Crippen LogP contribution in [0.4, 0.5) is 0 Å². The molecule has 0 spiro atoms. The van der Waals surface area contributed by atoms with Crippen LogP contribution in [0.3, 0.4) is 0 Å². The Hall–Kier alpha value is -6.27. The maximum Gasteiger partial charge on any atom is 0.326 e. The van der Waals surface area contributed by atoms with Crippen LogP contribution in [0.25, 0.3) is 0 Å². The molecule has 9 amide bonds. The second kappa shape index (κ2) is 30.8. The number of carboxylic acid groups (broad SMARTS) is 1. The summed E-state index contributed by atoms with van der Waals surface area (Å²) in [4.78, 5) is 140. The Morgan fingerprint density at radius 3 is 1.45 bits per heavy atom. The number of carboxylic acids is 1. The maximum absolute atomic E-state index is 14.2. The van der Waals surface area contributed by atoms with E-state index >= 15 is 0 Å². The molecule has 2 aliphatic rings. The first-order valence-corrected chi connectivity index (χ1v) is 24.6. The van der Waals surface area contributed by atoms with Gasteiger partial charge in [-0.25, -0.2) is 4.79 Å². The lowest BCUT2D eigenvalue weighted by Gasteiger charge is -2.32. The highest BCUT2D eigenvalue weighted by molar-refractivity contribution is 5.99. The molecule has 19 N–H and O–H groups in total. The first-order chi connectivity index (χ1) is 34.7. The van der Waals surface area contributed by atoms with Gasteiger partial charge in [-0.1, -0.05) is 27.7 Å². The molecule has 0 bridgehead atoms. The molecular formula is C45H79N13O16. The Bertz CT molecular complexity index is 1990. The van der Waals surface area contributed by atoms with Crippen molar-refractivity contribution >= 4 is 65.1 Å². The lowest BCUT2D eigenvalue weighted by atomic mass is 10.00. The number of rotatable bonds is 30. The first-order valence-electron chi connectivity index (χ1n) is 24.6. The number of nitrogens with zero attached hydrogens (tertiary/aromatic N) is 3. The molecule has 2 aliphatic heterocycles. The van der Waals surface area contributed by atoms with Crippen LogP contribution < -0.4 is 54.4 Å². The van der Waals surface area contributed by atoms with E-state index in [4.69, 9.17) is 17.2 Å². The van der Waals surface area contributed by atoms with Crippen LogP contribution >= 0.6 is 0 Å². The Morgan fingerprint density at radius 2 is 0.973 bits per heavy atom. The summed E-state index contributed by atoms with van der Waals surface area (Å²) in [5.41, 5.74) is 16.5. The first kappa shape index (κ1) is 63.8. The van der Waals surface area contributed by atoms with Gasteiger partial charge >= 0.3 is 5.97 Å². The smallest absolute Gasteiger partial charge is 0.326 e. The van der Waals surface area contributed by atoms with Gasteiger partial charge in [0.15, 0.2) is 5.96 Å². The second-order valence-corrected chi connectivity index (χ2v) is 19.3. The normalized spacial score (nSPS) is 19.5. The topological polar surface area (TPSA) is 473 Å². The highest BCUT2D eigenvalue weighted by Gasteiger charge is 2.42. The molecule has 29 nitrogen and oxygen atoms in total. The zero-order valence-electron chi connectivity index (χ0n) is 42.8. The summed E-state index contributed by atoms with van der Waals surface area (Å²) >= 11 is 0. The molecule has 2 fully saturated rings. The zero-order chi connectivity index (χ0) is 56.1. The largest absolute Gasteiger partial charge is 0.480 e. The van der Waals surface area contributed by atoms with Crippen LogP contribution in [0, 0.1) is 11.8 Å². The lowest BCUT2D eigenvalue weighted by Crippen LogP contribution is -2.63. The van der Waals surface area contributed by atoms with E-state index in [1.807, 2.05) is 0 Å². The minimum absolute atomic E-state index is 0.00460. The van der Waals surface area contributed by atoms with E-state index in [1.54, 1.807) is 27.7 Å². The van der Waals surface area contributed by atoms with Crippen LogP contribution in [0.15, 0.2) is 4.99 Å². The molecule has 12 atom stereocenters. The van der Waals surface area contributed by atoms with Gasteiger partial charge in [-0.15, -0.1) is 0 Å². The summed E-state index contributed by atoms with van der Waals surface area (Å²) in [6.45, 7) is 6.68. The van der Waals surface area contributed by atoms with Crippen molar-refractivity contribution < 1.29 is 78.6 Å². The number of aliphatic imine (C=N–C) groups is 1. The molecule has 29 heteroatoms. The quantitative estimate of drug-likeness (QED) is 0.0181. The number of hydrogen-bond donors (Lipinski definition) is 16. The third kappa shape index (κ3) is 19.5. The van der Waals surface area contributed by atoms with Crippen molar-refractivity contribution in [1.29, 1.82) is 0 Å². The molecule has 0 aliphatic carbocycles. The minimum Gasteiger partial charge on any atom is -0.480 e. The number of nitrogens with two attached hydrogens (primary N) is 3. The van der Waals surface area contributed by atoms with Gasteiger partial charge in [0.1, 0.15) is 60.4 Å². The van der Waals surface area contributed by atoms with Crippen molar-refractivity contribution in [2.24, 2.45) is 34.0 Å². The van der Waals surface area contributed by atoms with Crippen molar-refractivity contribution in [2.45, 2.75) is 166 Å². The van der Waals surface area contributed by atoms with E-state index in [0.29, 0.717) is 12.8 Å². The van der Waals surface area contributed by atoms with Crippen LogP contribution in [-0.2, 0) is 47.9 Å². The molecule has 0 aromatic heterocycles. The number of amides is 9. The molecular weight excluding hydrogens is 979 g/mol. The number of aliphatic carboxylic acids is 1. The van der Waals surface area contributed by atoms with Gasteiger partial charge in [0.05, 0.1) is 32.0 Å². The van der Waals surface area contributed by atoms with Crippen molar-refractivity contribution in [3.63, 3.8) is 0 Å². The summed E-state index contributed by atoms with van der Waals surface area (Å²) in [6, 6.07) is -14.8. The van der Waals surface area contributed by atoms with Crippen molar-refractivity contribution in [3.8, 4) is 0 Å². The number of carbonyl (C=O) groups is 10. The van der Waals surface area contributed by atoms with Crippen LogP contribution in [0.1, 0.15) is 92.9 Å². The van der Waals surface area contributed by atoms with Crippen molar-refractivity contribution in [3.05, 3.63) is 0 Å². The molecule has 420 valence electrons. The maximum atomic E-state index is 14.2. The van der Waals surface area contributed by atoms with Gasteiger partial charge in [-0.2, -0.15) is 0 Å². The predicted octanol–water partition coefficient (Wildman–Crippen LogP) is -7.34. The van der Waals surface area contributed by atoms with Gasteiger partial charge in [0.25, 0.3) is 0 Å². The number of aliphatic hydroxyl groups is 5. The summed E-state index contributed by atoms with van der Waals surface area (Å²) in [7, 11) is 0. The lowest BCUT2D eigenvalue weighted by molar-refractivity contribution is -0.145. The Labute approximate surface area is 428 Å². The fourth-order valence-corrected chi connectivity index (χ4v) is 8.28. The van der Waals surface area contributed by atoms with E-state index in [1.165, 1.54) is 6.92 Å². The summed E-state index contributed by atoms with van der Waals surface area (Å²) in [5, 5.41) is 77.2. The van der Waals surface area contributed by atoms with E-state index in [0.717, 1.165) is 16.7 Å². The number of aliphatic hydroxyl groups excluding tert-OH is 5. The molecule has 0 saturated carbocycles. The van der Waals surface area contributed by atoms with E-state index < -0.39 is 152 Å². The number of nitrogens with one attached hydrogen (secondary N) is 7. The van der Waals surface area contributed by atoms with E-state index in [-0.39, 0.29) is 76.0 Å². The zero-order valence-corrected chi connectivity index (χ0v) is 42.8. The average molecular weight is 1060 g/mol. The van der Waals surface area contributed by atoms with Crippen molar-refractivity contribution in [1.82, 2.24) is 47.0 Å². The third-order valence-corrected chi connectivity index (χ3v) is 12.2. The Morgan fingerprint density at radius 1 is 0.554 bits per heavy atom. The SMILES string of the molecule is CC(C)C[C@H](NC(=O)[C@H](CC(C)C)NC(=O)[C@@H]1CCCN1C(=O)[C@@H](NC(=O)[C@H](CCCN=C(N)N)NC(=O)[C@H](CO)NC(=O)[C@@H](NC(=O)[C@H](CO)NC(=O)[C@@H]1CCCN1C(=O)[C@@H](N)CO)[C@@H](C)O)[C@@H](C)O)C(=O)O. The summed E-state index contributed by atoms with van der Waals surface area (Å²) in [5.74, 6) is -10.4. The summed E-state index contributed by atoms with van der Waals surface area (Å²) in [6.07, 6.45) is -2.28. The van der Waals surface area contributed by atoms with Gasteiger partial charge in [-0.3, -0.25) is 48.1 Å². The number of likely N-dealkylation sites (tertiary alicyclic amines) is 2. The number of hydrogen-bond acceptors (Lipinski definition) is 17. The van der Waals surface area contributed by atoms with Gasteiger partial charge in [-0.05, 0) is 77.0 Å². The van der Waals surface area contributed by atoms with Gasteiger partial charge in [0, 0.05) is 19.6 Å². The van der Waals surface area contributed by atoms with Crippen LogP contribution in [0.5, 0.6) is 0 Å². The molecule has 2 heterocycles. The molecule has 2 rings (SSSR count). The number of guanidine groups is 1. The van der Waals surface area contributed by atoms with Crippen LogP contribution in [-0.4, -0.2) is 218 Å². The molecule has 0 aromatic rings. The molecule has 0 unspecified atom stereocenters. The second-order valence-electron chi connectivity index (χ2n) is 19.3. The van der Waals surface area contributed by atoms with E-state index in [2.05, 4.69) is 42.2 Å². The van der Waals surface area contributed by atoms with Gasteiger partial charge in [0.2, 0.25) is 53.2 Å². The predicted molar refractivity (Wildman–Crippen MR) is 262 cm³/mol.